The van der Waals surface area contributed by atoms with Crippen LogP contribution in [0.25, 0.3) is 0 Å². The maximum atomic E-state index is 12.0. The van der Waals surface area contributed by atoms with E-state index in [1.807, 2.05) is 0 Å². The standard InChI is InChI=1S/C14H17F3N4O3/c15-14(16,17)8-21-12(23)7-20-10-4-2-1-3-9(10)13(24)19-6-5-11(18)22/h1-4,20H,5-8H2,(H2,18,22)(H,19,24)(H,21,23). The molecule has 0 bridgehead atoms. The Hall–Kier alpha value is -2.78. The predicted octanol–water partition coefficient (Wildman–Crippen LogP) is 0.382. The first kappa shape index (κ1) is 19.3. The number of amides is 3. The van der Waals surface area contributed by atoms with Crippen LogP contribution in [0.1, 0.15) is 16.8 Å². The number of hydrogen-bond acceptors (Lipinski definition) is 4. The fourth-order valence-corrected chi connectivity index (χ4v) is 1.67. The van der Waals surface area contributed by atoms with E-state index >= 15 is 0 Å². The molecule has 0 saturated heterocycles. The van der Waals surface area contributed by atoms with Crippen LogP contribution < -0.4 is 21.7 Å². The average Bonchev–Trinajstić information content (AvgIpc) is 2.50. The minimum Gasteiger partial charge on any atom is -0.376 e. The molecule has 0 radical (unpaired) electrons. The van der Waals surface area contributed by atoms with Crippen molar-refractivity contribution in [2.75, 3.05) is 25.0 Å². The SMILES string of the molecule is NC(=O)CCNC(=O)c1ccccc1NCC(=O)NCC(F)(F)F. The number of carbonyl (C=O) groups is 3. The molecule has 0 aromatic heterocycles. The van der Waals surface area contributed by atoms with Gasteiger partial charge in [-0.1, -0.05) is 12.1 Å². The van der Waals surface area contributed by atoms with E-state index in [9.17, 15) is 27.6 Å². The Morgan fingerprint density at radius 1 is 1.08 bits per heavy atom. The van der Waals surface area contributed by atoms with Crippen LogP contribution in [0.3, 0.4) is 0 Å². The third kappa shape index (κ3) is 7.47. The number of para-hydroxylation sites is 1. The third-order valence-electron chi connectivity index (χ3n) is 2.75. The van der Waals surface area contributed by atoms with E-state index < -0.39 is 37.0 Å². The predicted molar refractivity (Wildman–Crippen MR) is 80.1 cm³/mol. The van der Waals surface area contributed by atoms with Crippen LogP contribution in [0, 0.1) is 0 Å². The Kier molecular flexibility index (Phi) is 7.02. The molecular formula is C14H17F3N4O3. The maximum Gasteiger partial charge on any atom is 0.405 e. The number of anilines is 1. The van der Waals surface area contributed by atoms with Gasteiger partial charge in [0.15, 0.2) is 0 Å². The monoisotopic (exact) mass is 346 g/mol. The van der Waals surface area contributed by atoms with Crippen LogP contribution in [0.5, 0.6) is 0 Å². The second kappa shape index (κ2) is 8.75. The summed E-state index contributed by atoms with van der Waals surface area (Å²) in [6.45, 7) is -1.81. The van der Waals surface area contributed by atoms with Gasteiger partial charge in [-0.25, -0.2) is 0 Å². The van der Waals surface area contributed by atoms with E-state index in [0.717, 1.165) is 0 Å². The molecule has 1 aromatic rings. The average molecular weight is 346 g/mol. The number of hydrogen-bond donors (Lipinski definition) is 4. The van der Waals surface area contributed by atoms with Crippen molar-refractivity contribution in [2.24, 2.45) is 5.73 Å². The van der Waals surface area contributed by atoms with Gasteiger partial charge in [-0.3, -0.25) is 14.4 Å². The van der Waals surface area contributed by atoms with E-state index in [2.05, 4.69) is 10.6 Å². The van der Waals surface area contributed by atoms with Gasteiger partial charge in [0.05, 0.1) is 12.1 Å². The lowest BCUT2D eigenvalue weighted by molar-refractivity contribution is -0.137. The van der Waals surface area contributed by atoms with Crippen molar-refractivity contribution in [3.05, 3.63) is 29.8 Å². The van der Waals surface area contributed by atoms with E-state index in [4.69, 9.17) is 5.73 Å². The van der Waals surface area contributed by atoms with Gasteiger partial charge in [0, 0.05) is 18.7 Å². The molecule has 24 heavy (non-hydrogen) atoms. The minimum absolute atomic E-state index is 0.0266. The molecule has 0 fully saturated rings. The van der Waals surface area contributed by atoms with Crippen molar-refractivity contribution in [3.63, 3.8) is 0 Å². The molecule has 5 N–H and O–H groups in total. The van der Waals surface area contributed by atoms with Crippen LogP contribution in [-0.2, 0) is 9.59 Å². The van der Waals surface area contributed by atoms with Crippen molar-refractivity contribution >= 4 is 23.4 Å². The lowest BCUT2D eigenvalue weighted by atomic mass is 10.1. The van der Waals surface area contributed by atoms with E-state index in [1.165, 1.54) is 12.1 Å². The molecule has 0 atom stereocenters. The molecule has 0 aliphatic heterocycles. The number of nitrogens with one attached hydrogen (secondary N) is 3. The van der Waals surface area contributed by atoms with Gasteiger partial charge in [0.1, 0.15) is 6.54 Å². The summed E-state index contributed by atoms with van der Waals surface area (Å²) in [6.07, 6.45) is -4.52. The Morgan fingerprint density at radius 2 is 1.75 bits per heavy atom. The van der Waals surface area contributed by atoms with Gasteiger partial charge in [0.2, 0.25) is 11.8 Å². The summed E-state index contributed by atoms with van der Waals surface area (Å²) in [7, 11) is 0. The van der Waals surface area contributed by atoms with Crippen molar-refractivity contribution in [1.29, 1.82) is 0 Å². The highest BCUT2D eigenvalue weighted by Crippen LogP contribution is 2.15. The number of benzene rings is 1. The lowest BCUT2D eigenvalue weighted by Gasteiger charge is -2.13. The van der Waals surface area contributed by atoms with Crippen molar-refractivity contribution in [3.8, 4) is 0 Å². The zero-order chi connectivity index (χ0) is 18.2. The molecule has 132 valence electrons. The fourth-order valence-electron chi connectivity index (χ4n) is 1.67. The van der Waals surface area contributed by atoms with Gasteiger partial charge in [-0.15, -0.1) is 0 Å². The molecule has 3 amide bonds. The zero-order valence-electron chi connectivity index (χ0n) is 12.6. The van der Waals surface area contributed by atoms with E-state index in [1.54, 1.807) is 17.4 Å². The zero-order valence-corrected chi connectivity index (χ0v) is 12.6. The van der Waals surface area contributed by atoms with E-state index in [-0.39, 0.29) is 24.2 Å². The summed E-state index contributed by atoms with van der Waals surface area (Å²) in [6, 6.07) is 6.14. The number of alkyl halides is 3. The van der Waals surface area contributed by atoms with Gasteiger partial charge < -0.3 is 21.7 Å². The van der Waals surface area contributed by atoms with Gasteiger partial charge in [-0.2, -0.15) is 13.2 Å². The molecule has 0 heterocycles. The van der Waals surface area contributed by atoms with Crippen molar-refractivity contribution < 1.29 is 27.6 Å². The third-order valence-corrected chi connectivity index (χ3v) is 2.75. The van der Waals surface area contributed by atoms with Gasteiger partial charge in [-0.05, 0) is 12.1 Å². The number of carbonyl (C=O) groups excluding carboxylic acids is 3. The topological polar surface area (TPSA) is 113 Å². The second-order valence-electron chi connectivity index (χ2n) is 4.76. The molecule has 1 rings (SSSR count). The Balaban J connectivity index is 2.58. The Labute approximate surface area is 135 Å². The number of halogens is 3. The normalized spacial score (nSPS) is 10.8. The highest BCUT2D eigenvalue weighted by atomic mass is 19.4. The Morgan fingerprint density at radius 3 is 2.38 bits per heavy atom. The van der Waals surface area contributed by atoms with Gasteiger partial charge in [0.25, 0.3) is 5.91 Å². The first-order valence-corrected chi connectivity index (χ1v) is 6.92. The maximum absolute atomic E-state index is 12.0. The van der Waals surface area contributed by atoms with Gasteiger partial charge >= 0.3 is 6.18 Å². The Bertz CT molecular complexity index is 605. The smallest absolute Gasteiger partial charge is 0.376 e. The lowest BCUT2D eigenvalue weighted by Crippen LogP contribution is -2.37. The summed E-state index contributed by atoms with van der Waals surface area (Å²) >= 11 is 0. The molecule has 0 unspecified atom stereocenters. The molecule has 0 spiro atoms. The number of primary amides is 1. The van der Waals surface area contributed by atoms with Crippen molar-refractivity contribution in [1.82, 2.24) is 10.6 Å². The number of nitrogens with two attached hydrogens (primary N) is 1. The highest BCUT2D eigenvalue weighted by molar-refractivity contribution is 6.00. The molecule has 0 saturated carbocycles. The van der Waals surface area contributed by atoms with Crippen LogP contribution in [0.4, 0.5) is 18.9 Å². The van der Waals surface area contributed by atoms with E-state index in [0.29, 0.717) is 0 Å². The molecule has 1 aromatic carbocycles. The van der Waals surface area contributed by atoms with Crippen LogP contribution in [0.2, 0.25) is 0 Å². The first-order chi connectivity index (χ1) is 11.2. The summed E-state index contributed by atoms with van der Waals surface area (Å²) in [5.74, 6) is -1.94. The molecule has 7 nitrogen and oxygen atoms in total. The van der Waals surface area contributed by atoms with Crippen LogP contribution in [0.15, 0.2) is 24.3 Å². The quantitative estimate of drug-likeness (QED) is 0.545. The fraction of sp³-hybridized carbons (Fsp3) is 0.357. The molecular weight excluding hydrogens is 329 g/mol. The minimum atomic E-state index is -4.49. The van der Waals surface area contributed by atoms with Crippen LogP contribution >= 0.6 is 0 Å². The summed E-state index contributed by atoms with van der Waals surface area (Å²) in [5, 5.41) is 6.78. The summed E-state index contributed by atoms with van der Waals surface area (Å²) in [5.41, 5.74) is 5.42. The molecule has 0 aliphatic carbocycles. The van der Waals surface area contributed by atoms with Crippen molar-refractivity contribution in [2.45, 2.75) is 12.6 Å². The second-order valence-corrected chi connectivity index (χ2v) is 4.76. The molecule has 0 aliphatic rings. The molecule has 10 heteroatoms. The largest absolute Gasteiger partial charge is 0.405 e. The summed E-state index contributed by atoms with van der Waals surface area (Å²) in [4.78, 5) is 34.0. The van der Waals surface area contributed by atoms with Crippen LogP contribution in [-0.4, -0.2) is 43.5 Å². The summed E-state index contributed by atoms with van der Waals surface area (Å²) < 4.78 is 36.0. The first-order valence-electron chi connectivity index (χ1n) is 6.92. The number of rotatable bonds is 8. The highest BCUT2D eigenvalue weighted by Gasteiger charge is 2.27.